The molecule has 1 aromatic carbocycles. The second-order valence-electron chi connectivity index (χ2n) is 4.17. The van der Waals surface area contributed by atoms with E-state index in [0.717, 1.165) is 20.4 Å². The van der Waals surface area contributed by atoms with E-state index >= 15 is 0 Å². The average Bonchev–Trinajstić information content (AvgIpc) is 2.88. The number of pyridine rings is 1. The number of thiazole rings is 1. The van der Waals surface area contributed by atoms with Crippen molar-refractivity contribution in [1.82, 2.24) is 9.97 Å². The number of rotatable bonds is 3. The van der Waals surface area contributed by atoms with Gasteiger partial charge in [-0.2, -0.15) is 0 Å². The summed E-state index contributed by atoms with van der Waals surface area (Å²) < 4.78 is 6.95. The third-order valence-electron chi connectivity index (χ3n) is 2.78. The Labute approximate surface area is 133 Å². The number of halogens is 1. The maximum atomic E-state index is 12.1. The van der Waals surface area contributed by atoms with Crippen LogP contribution in [0.2, 0.25) is 0 Å². The Morgan fingerprint density at radius 2 is 2.19 bits per heavy atom. The lowest BCUT2D eigenvalue weighted by Gasteiger charge is -2.00. The van der Waals surface area contributed by atoms with E-state index in [1.165, 1.54) is 11.3 Å². The van der Waals surface area contributed by atoms with Gasteiger partial charge in [-0.15, -0.1) is 0 Å². The maximum Gasteiger partial charge on any atom is 0.276 e. The molecule has 0 aliphatic rings. The topological polar surface area (TPSA) is 64.1 Å². The number of carbonyl (C=O) groups is 1. The quantitative estimate of drug-likeness (QED) is 0.770. The van der Waals surface area contributed by atoms with Crippen molar-refractivity contribution in [3.63, 3.8) is 0 Å². The lowest BCUT2D eigenvalue weighted by Crippen LogP contribution is -2.13. The Morgan fingerprint density at radius 1 is 1.33 bits per heavy atom. The molecule has 0 fully saturated rings. The minimum atomic E-state index is -0.284. The van der Waals surface area contributed by atoms with Crippen molar-refractivity contribution in [2.24, 2.45) is 0 Å². The van der Waals surface area contributed by atoms with Crippen molar-refractivity contribution >= 4 is 48.5 Å². The molecule has 1 N–H and O–H groups in total. The number of nitrogens with one attached hydrogen (secondary N) is 1. The zero-order valence-corrected chi connectivity index (χ0v) is 13.4. The summed E-state index contributed by atoms with van der Waals surface area (Å²) in [5, 5.41) is 3.29. The average molecular weight is 364 g/mol. The molecule has 0 bridgehead atoms. The molecule has 0 unspecified atom stereocenters. The Bertz CT molecular complexity index is 802. The van der Waals surface area contributed by atoms with Crippen LogP contribution in [0.1, 0.15) is 10.5 Å². The van der Waals surface area contributed by atoms with Crippen LogP contribution in [0.3, 0.4) is 0 Å². The molecule has 106 valence electrons. The van der Waals surface area contributed by atoms with Crippen molar-refractivity contribution in [1.29, 1.82) is 0 Å². The smallest absolute Gasteiger partial charge is 0.276 e. The highest BCUT2D eigenvalue weighted by molar-refractivity contribution is 9.10. The molecule has 2 heterocycles. The van der Waals surface area contributed by atoms with Gasteiger partial charge in [0, 0.05) is 10.7 Å². The summed E-state index contributed by atoms with van der Waals surface area (Å²) in [6.07, 6.45) is 1.58. The normalized spacial score (nSPS) is 10.6. The van der Waals surface area contributed by atoms with Crippen LogP contribution in [-0.2, 0) is 0 Å². The Morgan fingerprint density at radius 3 is 2.90 bits per heavy atom. The largest absolute Gasteiger partial charge is 0.497 e. The summed E-state index contributed by atoms with van der Waals surface area (Å²) in [5.41, 5.74) is 1.16. The maximum absolute atomic E-state index is 12.1. The Balaban J connectivity index is 1.84. The number of hydrogen-bond acceptors (Lipinski definition) is 5. The predicted octanol–water partition coefficient (Wildman–Crippen LogP) is 3.71. The standard InChI is InChI=1S/C14H10BrN3O2S/c1-20-9-3-5-10-12(6-9)21-14(17-10)18-13(19)11-4-2-8(15)7-16-11/h2-7H,1H3,(H,17,18,19). The van der Waals surface area contributed by atoms with Gasteiger partial charge in [0.2, 0.25) is 0 Å². The van der Waals surface area contributed by atoms with Crippen LogP contribution in [0, 0.1) is 0 Å². The number of aromatic nitrogens is 2. The Kier molecular flexibility index (Phi) is 3.85. The number of anilines is 1. The number of benzene rings is 1. The van der Waals surface area contributed by atoms with Crippen molar-refractivity contribution in [3.8, 4) is 5.75 Å². The predicted molar refractivity (Wildman–Crippen MR) is 86.1 cm³/mol. The number of methoxy groups -OCH3 is 1. The zero-order valence-electron chi connectivity index (χ0n) is 11.0. The van der Waals surface area contributed by atoms with Crippen LogP contribution in [0.25, 0.3) is 10.2 Å². The number of fused-ring (bicyclic) bond motifs is 1. The van der Waals surface area contributed by atoms with Gasteiger partial charge in [0.25, 0.3) is 5.91 Å². The second kappa shape index (κ2) is 5.79. The molecular weight excluding hydrogens is 354 g/mol. The fourth-order valence-corrected chi connectivity index (χ4v) is 2.88. The molecule has 0 saturated carbocycles. The first-order chi connectivity index (χ1) is 10.2. The summed E-state index contributed by atoms with van der Waals surface area (Å²) in [5.74, 6) is 0.479. The van der Waals surface area contributed by atoms with E-state index in [1.807, 2.05) is 18.2 Å². The fourth-order valence-electron chi connectivity index (χ4n) is 1.76. The minimum Gasteiger partial charge on any atom is -0.497 e. The Hall–Kier alpha value is -1.99. The highest BCUT2D eigenvalue weighted by atomic mass is 79.9. The van der Waals surface area contributed by atoms with Crippen LogP contribution in [0.4, 0.5) is 5.13 Å². The van der Waals surface area contributed by atoms with E-state index in [9.17, 15) is 4.79 Å². The molecule has 0 aliphatic heterocycles. The first kappa shape index (κ1) is 14.0. The highest BCUT2D eigenvalue weighted by Gasteiger charge is 2.11. The van der Waals surface area contributed by atoms with Gasteiger partial charge in [-0.05, 0) is 46.3 Å². The van der Waals surface area contributed by atoms with E-state index in [1.54, 1.807) is 25.4 Å². The number of amides is 1. The first-order valence-corrected chi connectivity index (χ1v) is 7.64. The molecule has 3 aromatic rings. The number of nitrogens with zero attached hydrogens (tertiary/aromatic N) is 2. The van der Waals surface area contributed by atoms with Gasteiger partial charge in [-0.3, -0.25) is 10.1 Å². The van der Waals surface area contributed by atoms with Crippen LogP contribution < -0.4 is 10.1 Å². The SMILES string of the molecule is COc1ccc2nc(NC(=O)c3ccc(Br)cn3)sc2c1. The van der Waals surface area contributed by atoms with E-state index in [4.69, 9.17) is 4.74 Å². The molecule has 7 heteroatoms. The molecule has 0 saturated heterocycles. The van der Waals surface area contributed by atoms with Gasteiger partial charge in [-0.1, -0.05) is 11.3 Å². The molecule has 1 amide bonds. The molecular formula is C14H10BrN3O2S. The van der Waals surface area contributed by atoms with E-state index in [-0.39, 0.29) is 5.91 Å². The lowest BCUT2D eigenvalue weighted by molar-refractivity contribution is 0.102. The molecule has 0 spiro atoms. The van der Waals surface area contributed by atoms with Gasteiger partial charge in [0.05, 0.1) is 17.3 Å². The van der Waals surface area contributed by atoms with Crippen LogP contribution >= 0.6 is 27.3 Å². The number of hydrogen-bond donors (Lipinski definition) is 1. The number of carbonyl (C=O) groups excluding carboxylic acids is 1. The van der Waals surface area contributed by atoms with Crippen molar-refractivity contribution in [3.05, 3.63) is 46.7 Å². The summed E-state index contributed by atoms with van der Waals surface area (Å²) in [6.45, 7) is 0. The minimum absolute atomic E-state index is 0.284. The molecule has 3 rings (SSSR count). The van der Waals surface area contributed by atoms with Crippen LogP contribution in [0.15, 0.2) is 41.0 Å². The zero-order chi connectivity index (χ0) is 14.8. The monoisotopic (exact) mass is 363 g/mol. The van der Waals surface area contributed by atoms with E-state index in [2.05, 4.69) is 31.2 Å². The van der Waals surface area contributed by atoms with Crippen molar-refractivity contribution in [2.45, 2.75) is 0 Å². The third-order valence-corrected chi connectivity index (χ3v) is 4.18. The summed E-state index contributed by atoms with van der Waals surface area (Å²) in [7, 11) is 1.62. The molecule has 0 radical (unpaired) electrons. The summed E-state index contributed by atoms with van der Waals surface area (Å²) >= 11 is 4.67. The van der Waals surface area contributed by atoms with Gasteiger partial charge >= 0.3 is 0 Å². The van der Waals surface area contributed by atoms with E-state index < -0.39 is 0 Å². The molecule has 2 aromatic heterocycles. The van der Waals surface area contributed by atoms with Crippen LogP contribution in [-0.4, -0.2) is 23.0 Å². The summed E-state index contributed by atoms with van der Waals surface area (Å²) in [4.78, 5) is 20.5. The van der Waals surface area contributed by atoms with Crippen LogP contribution in [0.5, 0.6) is 5.75 Å². The van der Waals surface area contributed by atoms with Crippen molar-refractivity contribution < 1.29 is 9.53 Å². The van der Waals surface area contributed by atoms with Crippen molar-refractivity contribution in [2.75, 3.05) is 12.4 Å². The molecule has 5 nitrogen and oxygen atoms in total. The van der Waals surface area contributed by atoms with E-state index in [0.29, 0.717) is 10.8 Å². The second-order valence-corrected chi connectivity index (χ2v) is 6.11. The first-order valence-electron chi connectivity index (χ1n) is 6.03. The van der Waals surface area contributed by atoms with Gasteiger partial charge in [0.15, 0.2) is 5.13 Å². The number of ether oxygens (including phenoxy) is 1. The molecule has 0 aliphatic carbocycles. The highest BCUT2D eigenvalue weighted by Crippen LogP contribution is 2.29. The van der Waals surface area contributed by atoms with Gasteiger partial charge in [-0.25, -0.2) is 9.97 Å². The molecule has 0 atom stereocenters. The molecule has 21 heavy (non-hydrogen) atoms. The fraction of sp³-hybridized carbons (Fsp3) is 0.0714. The van der Waals surface area contributed by atoms with Gasteiger partial charge in [0.1, 0.15) is 11.4 Å². The summed E-state index contributed by atoms with van der Waals surface area (Å²) in [6, 6.07) is 9.00. The third kappa shape index (κ3) is 3.03. The van der Waals surface area contributed by atoms with Gasteiger partial charge < -0.3 is 4.74 Å². The lowest BCUT2D eigenvalue weighted by atomic mass is 10.3.